The number of benzene rings is 1. The minimum absolute atomic E-state index is 0.0917. The van der Waals surface area contributed by atoms with Crippen LogP contribution in [-0.2, 0) is 11.3 Å². The fourth-order valence-electron chi connectivity index (χ4n) is 2.45. The van der Waals surface area contributed by atoms with Crippen LogP contribution in [0.2, 0.25) is 5.15 Å². The van der Waals surface area contributed by atoms with Gasteiger partial charge in [0.2, 0.25) is 0 Å². The van der Waals surface area contributed by atoms with E-state index in [1.165, 1.54) is 12.5 Å². The number of hydrogen-bond donors (Lipinski definition) is 0. The lowest BCUT2D eigenvalue weighted by molar-refractivity contribution is -0.0684. The molecule has 1 heterocycles. The molecule has 3 rings (SSSR count). The van der Waals surface area contributed by atoms with Crippen LogP contribution in [0.25, 0.3) is 0 Å². The zero-order chi connectivity index (χ0) is 16.2. The van der Waals surface area contributed by atoms with Crippen LogP contribution in [0, 0.1) is 0 Å². The van der Waals surface area contributed by atoms with Crippen molar-refractivity contribution in [2.45, 2.75) is 38.6 Å². The Kier molecular flexibility index (Phi) is 4.94. The quantitative estimate of drug-likeness (QED) is 0.591. The standard InChI is InChI=1S/C18H18ClNO3/c1-12(21)17-9-16(10-18(19)20-17)23-15-7-14(8-15)22-11-13-5-3-2-4-6-13/h2-6,9-10,14-15H,7-8,11H2,1H3. The lowest BCUT2D eigenvalue weighted by Crippen LogP contribution is -2.39. The number of Topliss-reactive ketones (excluding diaryl/α,β-unsaturated/α-hetero) is 1. The molecule has 0 amide bonds. The molecule has 0 atom stereocenters. The second kappa shape index (κ2) is 7.11. The van der Waals surface area contributed by atoms with Crippen molar-refractivity contribution in [2.24, 2.45) is 0 Å². The van der Waals surface area contributed by atoms with Crippen LogP contribution in [0.15, 0.2) is 42.5 Å². The average molecular weight is 332 g/mol. The Balaban J connectivity index is 1.48. The Morgan fingerprint density at radius 2 is 1.96 bits per heavy atom. The molecule has 1 aliphatic carbocycles. The second-order valence-electron chi connectivity index (χ2n) is 5.70. The molecule has 120 valence electrons. The largest absolute Gasteiger partial charge is 0.490 e. The fourth-order valence-corrected chi connectivity index (χ4v) is 2.65. The molecule has 1 aromatic carbocycles. The van der Waals surface area contributed by atoms with E-state index in [9.17, 15) is 4.79 Å². The molecular weight excluding hydrogens is 314 g/mol. The Bertz CT molecular complexity index is 684. The third-order valence-corrected chi connectivity index (χ3v) is 4.00. The molecule has 5 heteroatoms. The molecule has 0 unspecified atom stereocenters. The number of halogens is 1. The summed E-state index contributed by atoms with van der Waals surface area (Å²) in [4.78, 5) is 15.4. The van der Waals surface area contributed by atoms with Crippen molar-refractivity contribution in [2.75, 3.05) is 0 Å². The molecule has 1 fully saturated rings. The SMILES string of the molecule is CC(=O)c1cc(OC2CC(OCc3ccccc3)C2)cc(Cl)n1. The molecule has 4 nitrogen and oxygen atoms in total. The third-order valence-electron chi connectivity index (χ3n) is 3.81. The summed E-state index contributed by atoms with van der Waals surface area (Å²) in [6, 6.07) is 13.4. The van der Waals surface area contributed by atoms with E-state index < -0.39 is 0 Å². The molecule has 23 heavy (non-hydrogen) atoms. The average Bonchev–Trinajstić information content (AvgIpc) is 2.50. The van der Waals surface area contributed by atoms with Crippen molar-refractivity contribution < 1.29 is 14.3 Å². The van der Waals surface area contributed by atoms with E-state index in [1.807, 2.05) is 18.2 Å². The monoisotopic (exact) mass is 331 g/mol. The van der Waals surface area contributed by atoms with Crippen LogP contribution in [0.3, 0.4) is 0 Å². The van der Waals surface area contributed by atoms with Gasteiger partial charge in [-0.05, 0) is 5.56 Å². The van der Waals surface area contributed by atoms with Gasteiger partial charge >= 0.3 is 0 Å². The minimum Gasteiger partial charge on any atom is -0.490 e. The van der Waals surface area contributed by atoms with Gasteiger partial charge in [-0.2, -0.15) is 0 Å². The first kappa shape index (κ1) is 16.0. The highest BCUT2D eigenvalue weighted by atomic mass is 35.5. The molecule has 1 aromatic heterocycles. The first-order valence-corrected chi connectivity index (χ1v) is 7.98. The topological polar surface area (TPSA) is 48.4 Å². The summed E-state index contributed by atoms with van der Waals surface area (Å²) in [5.74, 6) is 0.455. The first-order valence-electron chi connectivity index (χ1n) is 7.61. The number of ether oxygens (including phenoxy) is 2. The summed E-state index contributed by atoms with van der Waals surface area (Å²) in [6.45, 7) is 2.08. The summed E-state index contributed by atoms with van der Waals surface area (Å²) >= 11 is 5.92. The molecule has 2 aromatic rings. The van der Waals surface area contributed by atoms with E-state index in [2.05, 4.69) is 17.1 Å². The van der Waals surface area contributed by atoms with E-state index in [-0.39, 0.29) is 23.1 Å². The third kappa shape index (κ3) is 4.30. The van der Waals surface area contributed by atoms with Crippen LogP contribution in [0.1, 0.15) is 35.8 Å². The van der Waals surface area contributed by atoms with Crippen LogP contribution < -0.4 is 4.74 Å². The molecule has 0 radical (unpaired) electrons. The first-order chi connectivity index (χ1) is 11.1. The number of rotatable bonds is 6. The summed E-state index contributed by atoms with van der Waals surface area (Å²) < 4.78 is 11.7. The maximum absolute atomic E-state index is 11.4. The number of carbonyl (C=O) groups is 1. The predicted molar refractivity (Wildman–Crippen MR) is 87.9 cm³/mol. The Hall–Kier alpha value is -1.91. The lowest BCUT2D eigenvalue weighted by atomic mass is 9.92. The Morgan fingerprint density at radius 3 is 2.65 bits per heavy atom. The number of ketones is 1. The van der Waals surface area contributed by atoms with Gasteiger partial charge in [-0.3, -0.25) is 4.79 Å². The molecule has 0 bridgehead atoms. The van der Waals surface area contributed by atoms with E-state index in [0.29, 0.717) is 18.1 Å². The van der Waals surface area contributed by atoms with Crippen molar-refractivity contribution >= 4 is 17.4 Å². The van der Waals surface area contributed by atoms with Gasteiger partial charge in [0.15, 0.2) is 5.78 Å². The summed E-state index contributed by atoms with van der Waals surface area (Å²) in [6.07, 6.45) is 1.98. The number of carbonyl (C=O) groups excluding carboxylic acids is 1. The molecule has 0 saturated heterocycles. The fraction of sp³-hybridized carbons (Fsp3) is 0.333. The molecule has 0 aliphatic heterocycles. The highest BCUT2D eigenvalue weighted by Crippen LogP contribution is 2.30. The smallest absolute Gasteiger partial charge is 0.178 e. The van der Waals surface area contributed by atoms with Crippen molar-refractivity contribution in [3.05, 3.63) is 58.9 Å². The zero-order valence-electron chi connectivity index (χ0n) is 12.9. The maximum atomic E-state index is 11.4. The number of pyridine rings is 1. The van der Waals surface area contributed by atoms with Gasteiger partial charge in [0.1, 0.15) is 22.7 Å². The van der Waals surface area contributed by atoms with Crippen LogP contribution in [0.4, 0.5) is 0 Å². The summed E-state index contributed by atoms with van der Waals surface area (Å²) in [7, 11) is 0. The van der Waals surface area contributed by atoms with Crippen molar-refractivity contribution in [1.29, 1.82) is 0 Å². The van der Waals surface area contributed by atoms with Gasteiger partial charge in [-0.15, -0.1) is 0 Å². The summed E-state index contributed by atoms with van der Waals surface area (Å²) in [5, 5.41) is 0.268. The minimum atomic E-state index is -0.130. The number of nitrogens with zero attached hydrogens (tertiary/aromatic N) is 1. The number of hydrogen-bond acceptors (Lipinski definition) is 4. The normalized spacial score (nSPS) is 19.9. The van der Waals surface area contributed by atoms with Gasteiger partial charge in [0.05, 0.1) is 12.7 Å². The van der Waals surface area contributed by atoms with E-state index in [4.69, 9.17) is 21.1 Å². The van der Waals surface area contributed by atoms with Gasteiger partial charge in [-0.25, -0.2) is 4.98 Å². The lowest BCUT2D eigenvalue weighted by Gasteiger charge is -2.35. The van der Waals surface area contributed by atoms with Gasteiger partial charge in [0.25, 0.3) is 0 Å². The molecule has 0 spiro atoms. The van der Waals surface area contributed by atoms with Crippen molar-refractivity contribution in [1.82, 2.24) is 4.98 Å². The highest BCUT2D eigenvalue weighted by Gasteiger charge is 2.31. The molecule has 1 saturated carbocycles. The highest BCUT2D eigenvalue weighted by molar-refractivity contribution is 6.29. The van der Waals surface area contributed by atoms with Crippen LogP contribution >= 0.6 is 11.6 Å². The number of aromatic nitrogens is 1. The zero-order valence-corrected chi connectivity index (χ0v) is 13.6. The van der Waals surface area contributed by atoms with Crippen LogP contribution in [-0.4, -0.2) is 23.0 Å². The van der Waals surface area contributed by atoms with Gasteiger partial charge < -0.3 is 9.47 Å². The van der Waals surface area contributed by atoms with Crippen molar-refractivity contribution in [3.63, 3.8) is 0 Å². The van der Waals surface area contributed by atoms with Crippen molar-refractivity contribution in [3.8, 4) is 5.75 Å². The van der Waals surface area contributed by atoms with E-state index >= 15 is 0 Å². The predicted octanol–water partition coefficient (Wildman–Crippen LogP) is 4.06. The molecule has 0 N–H and O–H groups in total. The van der Waals surface area contributed by atoms with E-state index in [0.717, 1.165) is 12.8 Å². The second-order valence-corrected chi connectivity index (χ2v) is 6.08. The molecular formula is C18H18ClNO3. The van der Waals surface area contributed by atoms with E-state index in [1.54, 1.807) is 12.1 Å². The van der Waals surface area contributed by atoms with Gasteiger partial charge in [-0.1, -0.05) is 41.9 Å². The Labute approximate surface area is 140 Å². The molecule has 1 aliphatic rings. The van der Waals surface area contributed by atoms with Crippen LogP contribution in [0.5, 0.6) is 5.75 Å². The Morgan fingerprint density at radius 1 is 1.22 bits per heavy atom. The summed E-state index contributed by atoms with van der Waals surface area (Å²) in [5.41, 5.74) is 1.49. The maximum Gasteiger partial charge on any atom is 0.178 e. The van der Waals surface area contributed by atoms with Gasteiger partial charge in [0, 0.05) is 31.9 Å².